The van der Waals surface area contributed by atoms with E-state index in [0.29, 0.717) is 5.56 Å². The maximum atomic E-state index is 11.3. The van der Waals surface area contributed by atoms with E-state index in [1.165, 1.54) is 19.3 Å². The van der Waals surface area contributed by atoms with Crippen molar-refractivity contribution in [3.63, 3.8) is 0 Å². The first kappa shape index (κ1) is 13.1. The van der Waals surface area contributed by atoms with E-state index in [9.17, 15) is 9.90 Å². The van der Waals surface area contributed by atoms with Crippen LogP contribution < -0.4 is 0 Å². The van der Waals surface area contributed by atoms with Crippen molar-refractivity contribution in [2.75, 3.05) is 0 Å². The lowest BCUT2D eigenvalue weighted by Gasteiger charge is -2.17. The van der Waals surface area contributed by atoms with E-state index in [0.717, 1.165) is 36.2 Å². The number of hydrogen-bond donors (Lipinski definition) is 1. The van der Waals surface area contributed by atoms with E-state index < -0.39 is 5.97 Å². The van der Waals surface area contributed by atoms with E-state index in [1.54, 1.807) is 0 Å². The maximum absolute atomic E-state index is 11.3. The molecule has 1 aliphatic carbocycles. The van der Waals surface area contributed by atoms with Gasteiger partial charge in [-0.1, -0.05) is 26.7 Å². The zero-order valence-electron chi connectivity index (χ0n) is 11.2. The summed E-state index contributed by atoms with van der Waals surface area (Å²) in [5.41, 5.74) is 3.41. The SMILES string of the molecule is CC(C)c1nc2c(cc1C(=O)O)CCCCCC2. The number of carboxylic acid groups (broad SMARTS) is 1. The highest BCUT2D eigenvalue weighted by atomic mass is 16.4. The first-order valence-electron chi connectivity index (χ1n) is 6.85. The Kier molecular flexibility index (Phi) is 4.00. The average Bonchev–Trinajstić information content (AvgIpc) is 2.28. The Labute approximate surface area is 108 Å². The van der Waals surface area contributed by atoms with Crippen molar-refractivity contribution in [3.8, 4) is 0 Å². The molecule has 1 aromatic rings. The van der Waals surface area contributed by atoms with Gasteiger partial charge in [-0.15, -0.1) is 0 Å². The van der Waals surface area contributed by atoms with Gasteiger partial charge in [-0.3, -0.25) is 4.98 Å². The van der Waals surface area contributed by atoms with Crippen molar-refractivity contribution in [2.24, 2.45) is 0 Å². The number of carbonyl (C=O) groups is 1. The quantitative estimate of drug-likeness (QED) is 0.869. The molecule has 0 saturated heterocycles. The second-order valence-corrected chi connectivity index (χ2v) is 5.40. The number of pyridine rings is 1. The molecular formula is C15H21NO2. The fourth-order valence-electron chi connectivity index (χ4n) is 2.61. The van der Waals surface area contributed by atoms with Crippen molar-refractivity contribution >= 4 is 5.97 Å². The third-order valence-corrected chi connectivity index (χ3v) is 3.61. The van der Waals surface area contributed by atoms with Crippen LogP contribution in [0.4, 0.5) is 0 Å². The maximum Gasteiger partial charge on any atom is 0.337 e. The molecule has 0 amide bonds. The molecule has 0 bridgehead atoms. The van der Waals surface area contributed by atoms with Crippen LogP contribution in [0.15, 0.2) is 6.07 Å². The van der Waals surface area contributed by atoms with Gasteiger partial charge in [-0.25, -0.2) is 4.79 Å². The summed E-state index contributed by atoms with van der Waals surface area (Å²) >= 11 is 0. The van der Waals surface area contributed by atoms with Crippen LogP contribution >= 0.6 is 0 Å². The molecule has 0 unspecified atom stereocenters. The summed E-state index contributed by atoms with van der Waals surface area (Å²) in [6, 6.07) is 1.87. The zero-order valence-corrected chi connectivity index (χ0v) is 11.2. The first-order valence-corrected chi connectivity index (χ1v) is 6.85. The number of aromatic carboxylic acids is 1. The molecule has 0 spiro atoms. The molecule has 1 aromatic heterocycles. The zero-order chi connectivity index (χ0) is 13.1. The fraction of sp³-hybridized carbons (Fsp3) is 0.600. The van der Waals surface area contributed by atoms with E-state index in [1.807, 2.05) is 19.9 Å². The van der Waals surface area contributed by atoms with Gasteiger partial charge in [0.15, 0.2) is 0 Å². The Bertz CT molecular complexity index is 452. The Morgan fingerprint density at radius 3 is 2.50 bits per heavy atom. The minimum Gasteiger partial charge on any atom is -0.478 e. The molecule has 0 atom stereocenters. The van der Waals surface area contributed by atoms with Crippen LogP contribution in [0.1, 0.15) is 72.8 Å². The Morgan fingerprint density at radius 1 is 1.22 bits per heavy atom. The number of aryl methyl sites for hydroxylation is 2. The summed E-state index contributed by atoms with van der Waals surface area (Å²) in [7, 11) is 0. The molecule has 3 heteroatoms. The standard InChI is InChI=1S/C15H21NO2/c1-10(2)14-12(15(17)18)9-11-7-5-3-4-6-8-13(11)16-14/h9-10H,3-8H2,1-2H3,(H,17,18). The molecule has 1 aliphatic rings. The second-order valence-electron chi connectivity index (χ2n) is 5.40. The van der Waals surface area contributed by atoms with E-state index in [2.05, 4.69) is 4.98 Å². The van der Waals surface area contributed by atoms with Crippen LogP contribution in [-0.2, 0) is 12.8 Å². The molecule has 18 heavy (non-hydrogen) atoms. The summed E-state index contributed by atoms with van der Waals surface area (Å²) in [4.78, 5) is 16.0. The third-order valence-electron chi connectivity index (χ3n) is 3.61. The molecule has 0 saturated carbocycles. The lowest BCUT2D eigenvalue weighted by atomic mass is 9.93. The van der Waals surface area contributed by atoms with E-state index in [-0.39, 0.29) is 5.92 Å². The highest BCUT2D eigenvalue weighted by Crippen LogP contribution is 2.25. The average molecular weight is 247 g/mol. The fourth-order valence-corrected chi connectivity index (χ4v) is 2.61. The topological polar surface area (TPSA) is 50.2 Å². The normalized spacial score (nSPS) is 15.9. The minimum absolute atomic E-state index is 0.159. The molecule has 2 rings (SSSR count). The largest absolute Gasteiger partial charge is 0.478 e. The van der Waals surface area contributed by atoms with Gasteiger partial charge in [0.25, 0.3) is 0 Å². The van der Waals surface area contributed by atoms with Crippen LogP contribution in [0.5, 0.6) is 0 Å². The second kappa shape index (κ2) is 5.51. The van der Waals surface area contributed by atoms with Crippen LogP contribution in [0.2, 0.25) is 0 Å². The number of aromatic nitrogens is 1. The van der Waals surface area contributed by atoms with Gasteiger partial charge in [0.2, 0.25) is 0 Å². The molecule has 98 valence electrons. The van der Waals surface area contributed by atoms with Crippen molar-refractivity contribution < 1.29 is 9.90 Å². The molecular weight excluding hydrogens is 226 g/mol. The number of carboxylic acids is 1. The smallest absolute Gasteiger partial charge is 0.337 e. The molecule has 0 aromatic carbocycles. The third kappa shape index (κ3) is 2.71. The van der Waals surface area contributed by atoms with Crippen LogP contribution in [-0.4, -0.2) is 16.1 Å². The summed E-state index contributed by atoms with van der Waals surface area (Å²) < 4.78 is 0. The van der Waals surface area contributed by atoms with Gasteiger partial charge in [0.1, 0.15) is 0 Å². The molecule has 0 fully saturated rings. The van der Waals surface area contributed by atoms with E-state index in [4.69, 9.17) is 0 Å². The lowest BCUT2D eigenvalue weighted by molar-refractivity contribution is 0.0694. The highest BCUT2D eigenvalue weighted by molar-refractivity contribution is 5.89. The van der Waals surface area contributed by atoms with Crippen LogP contribution in [0.3, 0.4) is 0 Å². The van der Waals surface area contributed by atoms with Crippen molar-refractivity contribution in [3.05, 3.63) is 28.6 Å². The summed E-state index contributed by atoms with van der Waals surface area (Å²) in [6.45, 7) is 4.01. The van der Waals surface area contributed by atoms with Crippen molar-refractivity contribution in [1.82, 2.24) is 4.98 Å². The summed E-state index contributed by atoms with van der Waals surface area (Å²) in [5.74, 6) is -0.692. The van der Waals surface area contributed by atoms with Gasteiger partial charge < -0.3 is 5.11 Å². The number of rotatable bonds is 2. The molecule has 0 aliphatic heterocycles. The Hall–Kier alpha value is -1.38. The predicted octanol–water partition coefficient (Wildman–Crippen LogP) is 3.56. The Balaban J connectivity index is 2.48. The minimum atomic E-state index is -0.851. The number of nitrogens with zero attached hydrogens (tertiary/aromatic N) is 1. The molecule has 1 N–H and O–H groups in total. The van der Waals surface area contributed by atoms with Crippen molar-refractivity contribution in [1.29, 1.82) is 0 Å². The number of fused-ring (bicyclic) bond motifs is 1. The lowest BCUT2D eigenvalue weighted by Crippen LogP contribution is -2.12. The van der Waals surface area contributed by atoms with E-state index >= 15 is 0 Å². The molecule has 3 nitrogen and oxygen atoms in total. The van der Waals surface area contributed by atoms with Gasteiger partial charge in [-0.05, 0) is 43.2 Å². The van der Waals surface area contributed by atoms with Crippen LogP contribution in [0, 0.1) is 0 Å². The van der Waals surface area contributed by atoms with Gasteiger partial charge in [0.05, 0.1) is 11.3 Å². The van der Waals surface area contributed by atoms with Crippen LogP contribution in [0.25, 0.3) is 0 Å². The highest BCUT2D eigenvalue weighted by Gasteiger charge is 2.19. The summed E-state index contributed by atoms with van der Waals surface area (Å²) in [6.07, 6.45) is 6.79. The summed E-state index contributed by atoms with van der Waals surface area (Å²) in [5, 5.41) is 9.30. The predicted molar refractivity (Wildman–Crippen MR) is 71.2 cm³/mol. The first-order chi connectivity index (χ1) is 8.59. The number of hydrogen-bond acceptors (Lipinski definition) is 2. The monoisotopic (exact) mass is 247 g/mol. The van der Waals surface area contributed by atoms with Gasteiger partial charge in [0, 0.05) is 5.69 Å². The van der Waals surface area contributed by atoms with Gasteiger partial charge in [-0.2, -0.15) is 0 Å². The van der Waals surface area contributed by atoms with Crippen molar-refractivity contribution in [2.45, 2.75) is 58.3 Å². The van der Waals surface area contributed by atoms with Gasteiger partial charge >= 0.3 is 5.97 Å². The Morgan fingerprint density at radius 2 is 1.89 bits per heavy atom. The molecule has 0 radical (unpaired) electrons. The molecule has 1 heterocycles.